The maximum absolute atomic E-state index is 13.0. The number of nitrogens with one attached hydrogen (secondary N) is 1. The van der Waals surface area contributed by atoms with E-state index in [-0.39, 0.29) is 5.56 Å². The van der Waals surface area contributed by atoms with Crippen molar-refractivity contribution < 1.29 is 28.5 Å². The molecule has 0 aliphatic carbocycles. The predicted octanol–water partition coefficient (Wildman–Crippen LogP) is 4.00. The van der Waals surface area contributed by atoms with Gasteiger partial charge in [-0.25, -0.2) is 4.79 Å². The van der Waals surface area contributed by atoms with E-state index in [1.165, 1.54) is 0 Å². The summed E-state index contributed by atoms with van der Waals surface area (Å²) in [7, 11) is 1.54. The molecule has 1 unspecified atom stereocenters. The summed E-state index contributed by atoms with van der Waals surface area (Å²) in [5, 5.41) is 2.78. The minimum Gasteiger partial charge on any atom is -0.497 e. The summed E-state index contributed by atoms with van der Waals surface area (Å²) in [5.41, 5.74) is 1.34. The topological polar surface area (TPSA) is 83.1 Å². The van der Waals surface area contributed by atoms with Crippen molar-refractivity contribution >= 4 is 17.6 Å². The number of carbonyl (C=O) groups excluding carboxylic acids is 2. The van der Waals surface area contributed by atoms with Gasteiger partial charge in [0.2, 0.25) is 6.10 Å². The van der Waals surface area contributed by atoms with Crippen molar-refractivity contribution in [2.45, 2.75) is 6.10 Å². The molecule has 1 heterocycles. The summed E-state index contributed by atoms with van der Waals surface area (Å²) in [4.78, 5) is 25.9. The standard InChI is InChI=1S/C24H21NO6/c1-28-19-9-5-8-18(15-19)25-23(26)22(16-6-3-2-4-7-16)31-24(27)17-10-11-20-21(14-17)30-13-12-29-20/h2-11,14-15,22H,12-13H2,1H3,(H,25,26). The van der Waals surface area contributed by atoms with Gasteiger partial charge in [0.1, 0.15) is 19.0 Å². The Hall–Kier alpha value is -4.00. The number of carbonyl (C=O) groups is 2. The van der Waals surface area contributed by atoms with Crippen LogP contribution in [0.1, 0.15) is 22.0 Å². The Balaban J connectivity index is 1.56. The highest BCUT2D eigenvalue weighted by atomic mass is 16.6. The molecule has 0 bridgehead atoms. The number of amides is 1. The average molecular weight is 419 g/mol. The second-order valence-corrected chi connectivity index (χ2v) is 6.78. The lowest BCUT2D eigenvalue weighted by Crippen LogP contribution is -2.26. The van der Waals surface area contributed by atoms with Gasteiger partial charge in [0.05, 0.1) is 12.7 Å². The summed E-state index contributed by atoms with van der Waals surface area (Å²) < 4.78 is 21.8. The third kappa shape index (κ3) is 4.78. The number of esters is 1. The molecular formula is C24H21NO6. The van der Waals surface area contributed by atoms with E-state index in [2.05, 4.69) is 5.32 Å². The first-order chi connectivity index (χ1) is 15.1. The Morgan fingerprint density at radius 3 is 2.45 bits per heavy atom. The number of ether oxygens (including phenoxy) is 4. The summed E-state index contributed by atoms with van der Waals surface area (Å²) in [6.45, 7) is 0.860. The van der Waals surface area contributed by atoms with Crippen LogP contribution in [0.2, 0.25) is 0 Å². The Morgan fingerprint density at radius 2 is 1.68 bits per heavy atom. The molecule has 0 fully saturated rings. The van der Waals surface area contributed by atoms with Crippen molar-refractivity contribution in [1.29, 1.82) is 0 Å². The number of rotatable bonds is 6. The fourth-order valence-electron chi connectivity index (χ4n) is 3.15. The number of fused-ring (bicyclic) bond motifs is 1. The zero-order valence-electron chi connectivity index (χ0n) is 16.9. The highest BCUT2D eigenvalue weighted by Gasteiger charge is 2.27. The van der Waals surface area contributed by atoms with Crippen molar-refractivity contribution in [3.05, 3.63) is 83.9 Å². The molecule has 0 spiro atoms. The van der Waals surface area contributed by atoms with Crippen LogP contribution in [-0.4, -0.2) is 32.2 Å². The molecule has 4 rings (SSSR count). The molecule has 158 valence electrons. The zero-order chi connectivity index (χ0) is 21.6. The summed E-state index contributed by atoms with van der Waals surface area (Å²) in [6, 6.07) is 20.6. The van der Waals surface area contributed by atoms with Crippen LogP contribution in [-0.2, 0) is 9.53 Å². The van der Waals surface area contributed by atoms with Crippen molar-refractivity contribution in [3.63, 3.8) is 0 Å². The summed E-state index contributed by atoms with van der Waals surface area (Å²) >= 11 is 0. The van der Waals surface area contributed by atoms with Crippen molar-refractivity contribution in [3.8, 4) is 17.2 Å². The second-order valence-electron chi connectivity index (χ2n) is 6.78. The lowest BCUT2D eigenvalue weighted by atomic mass is 10.1. The molecule has 0 saturated carbocycles. The van der Waals surface area contributed by atoms with Crippen LogP contribution in [0.25, 0.3) is 0 Å². The van der Waals surface area contributed by atoms with E-state index in [9.17, 15) is 9.59 Å². The number of hydrogen-bond acceptors (Lipinski definition) is 6. The normalized spacial score (nSPS) is 13.1. The van der Waals surface area contributed by atoms with Gasteiger partial charge in [-0.05, 0) is 30.3 Å². The van der Waals surface area contributed by atoms with Gasteiger partial charge in [0, 0.05) is 17.3 Å². The van der Waals surface area contributed by atoms with Gasteiger partial charge >= 0.3 is 5.97 Å². The number of hydrogen-bond donors (Lipinski definition) is 1. The van der Waals surface area contributed by atoms with Gasteiger partial charge < -0.3 is 24.3 Å². The van der Waals surface area contributed by atoms with E-state index in [1.54, 1.807) is 73.8 Å². The maximum atomic E-state index is 13.0. The highest BCUT2D eigenvalue weighted by molar-refractivity contribution is 5.98. The van der Waals surface area contributed by atoms with Crippen LogP contribution < -0.4 is 19.5 Å². The van der Waals surface area contributed by atoms with Crippen LogP contribution in [0.15, 0.2) is 72.8 Å². The van der Waals surface area contributed by atoms with Crippen LogP contribution in [0, 0.1) is 0 Å². The van der Waals surface area contributed by atoms with E-state index in [4.69, 9.17) is 18.9 Å². The Morgan fingerprint density at radius 1 is 0.903 bits per heavy atom. The van der Waals surface area contributed by atoms with Crippen molar-refractivity contribution in [2.24, 2.45) is 0 Å². The average Bonchev–Trinajstić information content (AvgIpc) is 2.82. The highest BCUT2D eigenvalue weighted by Crippen LogP contribution is 2.32. The molecule has 1 aliphatic rings. The maximum Gasteiger partial charge on any atom is 0.339 e. The molecule has 1 N–H and O–H groups in total. The number of methoxy groups -OCH3 is 1. The van der Waals surface area contributed by atoms with E-state index < -0.39 is 18.0 Å². The molecule has 31 heavy (non-hydrogen) atoms. The predicted molar refractivity (Wildman–Crippen MR) is 114 cm³/mol. The van der Waals surface area contributed by atoms with Crippen molar-refractivity contribution in [2.75, 3.05) is 25.6 Å². The molecule has 1 amide bonds. The zero-order valence-corrected chi connectivity index (χ0v) is 16.9. The molecule has 7 nitrogen and oxygen atoms in total. The molecule has 0 saturated heterocycles. The fourth-order valence-corrected chi connectivity index (χ4v) is 3.15. The molecule has 1 aliphatic heterocycles. The summed E-state index contributed by atoms with van der Waals surface area (Å²) in [6.07, 6.45) is -1.15. The Labute approximate surface area is 179 Å². The van der Waals surface area contributed by atoms with Gasteiger partial charge in [0.15, 0.2) is 11.5 Å². The number of benzene rings is 3. The fraction of sp³-hybridized carbons (Fsp3) is 0.167. The summed E-state index contributed by atoms with van der Waals surface area (Å²) in [5.74, 6) is 0.510. The van der Waals surface area contributed by atoms with E-state index in [0.717, 1.165) is 0 Å². The van der Waals surface area contributed by atoms with Crippen molar-refractivity contribution in [1.82, 2.24) is 0 Å². The first kappa shape index (κ1) is 20.3. The molecule has 3 aromatic rings. The lowest BCUT2D eigenvalue weighted by Gasteiger charge is -2.20. The van der Waals surface area contributed by atoms with E-state index in [0.29, 0.717) is 41.7 Å². The molecular weight excluding hydrogens is 398 g/mol. The minimum absolute atomic E-state index is 0.263. The van der Waals surface area contributed by atoms with E-state index >= 15 is 0 Å². The van der Waals surface area contributed by atoms with E-state index in [1.807, 2.05) is 6.07 Å². The van der Waals surface area contributed by atoms with Crippen LogP contribution >= 0.6 is 0 Å². The third-order valence-electron chi connectivity index (χ3n) is 4.68. The molecule has 7 heteroatoms. The first-order valence-corrected chi connectivity index (χ1v) is 9.74. The van der Waals surface area contributed by atoms with Gasteiger partial charge in [-0.1, -0.05) is 36.4 Å². The van der Waals surface area contributed by atoms with Gasteiger partial charge in [-0.15, -0.1) is 0 Å². The number of anilines is 1. The minimum atomic E-state index is -1.15. The quantitative estimate of drug-likeness (QED) is 0.608. The van der Waals surface area contributed by atoms with Crippen LogP contribution in [0.4, 0.5) is 5.69 Å². The largest absolute Gasteiger partial charge is 0.497 e. The Bertz CT molecular complexity index is 1080. The van der Waals surface area contributed by atoms with Gasteiger partial charge in [-0.3, -0.25) is 4.79 Å². The van der Waals surface area contributed by atoms with Gasteiger partial charge in [0.25, 0.3) is 5.91 Å². The SMILES string of the molecule is COc1cccc(NC(=O)C(OC(=O)c2ccc3c(c2)OCCO3)c2ccccc2)c1. The molecule has 0 radical (unpaired) electrons. The van der Waals surface area contributed by atoms with Crippen LogP contribution in [0.5, 0.6) is 17.2 Å². The first-order valence-electron chi connectivity index (χ1n) is 9.74. The van der Waals surface area contributed by atoms with Crippen LogP contribution in [0.3, 0.4) is 0 Å². The smallest absolute Gasteiger partial charge is 0.339 e. The Kier molecular flexibility index (Phi) is 6.03. The lowest BCUT2D eigenvalue weighted by molar-refractivity contribution is -0.125. The van der Waals surface area contributed by atoms with Gasteiger partial charge in [-0.2, -0.15) is 0 Å². The molecule has 0 aromatic heterocycles. The third-order valence-corrected chi connectivity index (χ3v) is 4.68. The molecule has 1 atom stereocenters. The second kappa shape index (κ2) is 9.21. The molecule has 3 aromatic carbocycles. The monoisotopic (exact) mass is 419 g/mol.